The number of thioether (sulfide) groups is 1. The summed E-state index contributed by atoms with van der Waals surface area (Å²) in [6.45, 7) is 1.25. The standard InChI is InChI=1S/C9H17NS/c1-10-6-8-2-5-11-7-9(8)3-4-9/h8,10H,2-7H2,1H3. The summed E-state index contributed by atoms with van der Waals surface area (Å²) in [5, 5.41) is 3.32. The van der Waals surface area contributed by atoms with Crippen LogP contribution in [0.1, 0.15) is 19.3 Å². The lowest BCUT2D eigenvalue weighted by atomic mass is 9.88. The molecule has 1 saturated heterocycles. The van der Waals surface area contributed by atoms with Gasteiger partial charge in [0.05, 0.1) is 0 Å². The Bertz CT molecular complexity index is 140. The predicted octanol–water partition coefficient (Wildman–Crippen LogP) is 1.74. The van der Waals surface area contributed by atoms with Crippen molar-refractivity contribution < 1.29 is 0 Å². The second-order valence-corrected chi connectivity index (χ2v) is 5.06. The van der Waals surface area contributed by atoms with Crippen LogP contribution in [-0.2, 0) is 0 Å². The van der Waals surface area contributed by atoms with Crippen molar-refractivity contribution in [1.29, 1.82) is 0 Å². The summed E-state index contributed by atoms with van der Waals surface area (Å²) in [5.74, 6) is 3.83. The minimum absolute atomic E-state index is 0.798. The molecule has 11 heavy (non-hydrogen) atoms. The van der Waals surface area contributed by atoms with E-state index in [1.807, 2.05) is 0 Å². The fourth-order valence-electron chi connectivity index (χ4n) is 2.20. The average Bonchev–Trinajstić information content (AvgIpc) is 2.77. The van der Waals surface area contributed by atoms with Gasteiger partial charge >= 0.3 is 0 Å². The highest BCUT2D eigenvalue weighted by atomic mass is 32.2. The SMILES string of the molecule is CNCC1CCSCC12CC2. The summed E-state index contributed by atoms with van der Waals surface area (Å²) in [6.07, 6.45) is 4.46. The molecule has 0 aromatic carbocycles. The largest absolute Gasteiger partial charge is 0.319 e. The van der Waals surface area contributed by atoms with E-state index in [9.17, 15) is 0 Å². The molecule has 0 aromatic rings. The fraction of sp³-hybridized carbons (Fsp3) is 1.00. The van der Waals surface area contributed by atoms with E-state index in [4.69, 9.17) is 0 Å². The van der Waals surface area contributed by atoms with E-state index in [0.29, 0.717) is 0 Å². The molecule has 1 atom stereocenters. The summed E-state index contributed by atoms with van der Waals surface area (Å²) in [5.41, 5.74) is 0.798. The van der Waals surface area contributed by atoms with Crippen molar-refractivity contribution in [3.8, 4) is 0 Å². The number of rotatable bonds is 2. The molecule has 1 aliphatic carbocycles. The highest BCUT2D eigenvalue weighted by Crippen LogP contribution is 2.57. The number of hydrogen-bond donors (Lipinski definition) is 1. The molecule has 2 rings (SSSR count). The van der Waals surface area contributed by atoms with Crippen molar-refractivity contribution in [3.05, 3.63) is 0 Å². The van der Waals surface area contributed by atoms with Crippen LogP contribution < -0.4 is 5.32 Å². The lowest BCUT2D eigenvalue weighted by Crippen LogP contribution is -2.32. The Hall–Kier alpha value is 0.310. The Balaban J connectivity index is 1.93. The van der Waals surface area contributed by atoms with Crippen LogP contribution >= 0.6 is 11.8 Å². The van der Waals surface area contributed by atoms with Crippen LogP contribution in [0, 0.1) is 11.3 Å². The van der Waals surface area contributed by atoms with Gasteiger partial charge in [-0.3, -0.25) is 0 Å². The van der Waals surface area contributed by atoms with Crippen molar-refractivity contribution in [1.82, 2.24) is 5.32 Å². The summed E-state index contributed by atoms with van der Waals surface area (Å²) < 4.78 is 0. The molecule has 0 radical (unpaired) electrons. The van der Waals surface area contributed by atoms with E-state index in [2.05, 4.69) is 24.1 Å². The minimum Gasteiger partial charge on any atom is -0.319 e. The molecule has 1 heterocycles. The summed E-state index contributed by atoms with van der Waals surface area (Å²) in [7, 11) is 2.08. The summed E-state index contributed by atoms with van der Waals surface area (Å²) in [4.78, 5) is 0. The van der Waals surface area contributed by atoms with Crippen molar-refractivity contribution >= 4 is 11.8 Å². The van der Waals surface area contributed by atoms with Crippen LogP contribution in [0.25, 0.3) is 0 Å². The molecule has 1 unspecified atom stereocenters. The summed E-state index contributed by atoms with van der Waals surface area (Å²) in [6, 6.07) is 0. The van der Waals surface area contributed by atoms with Crippen LogP contribution in [-0.4, -0.2) is 25.1 Å². The third-order valence-electron chi connectivity index (χ3n) is 3.21. The van der Waals surface area contributed by atoms with Gasteiger partial charge in [0, 0.05) is 0 Å². The fourth-order valence-corrected chi connectivity index (χ4v) is 3.73. The van der Waals surface area contributed by atoms with Gasteiger partial charge in [0.25, 0.3) is 0 Å². The molecule has 1 N–H and O–H groups in total. The zero-order valence-electron chi connectivity index (χ0n) is 7.23. The molecule has 1 saturated carbocycles. The molecule has 1 nitrogen and oxygen atoms in total. The molecule has 2 aliphatic rings. The van der Waals surface area contributed by atoms with Crippen molar-refractivity contribution in [2.24, 2.45) is 11.3 Å². The molecular weight excluding hydrogens is 154 g/mol. The van der Waals surface area contributed by atoms with E-state index >= 15 is 0 Å². The highest BCUT2D eigenvalue weighted by molar-refractivity contribution is 7.99. The van der Waals surface area contributed by atoms with E-state index < -0.39 is 0 Å². The first-order valence-corrected chi connectivity index (χ1v) is 5.75. The van der Waals surface area contributed by atoms with Gasteiger partial charge in [0.15, 0.2) is 0 Å². The molecule has 0 aromatic heterocycles. The lowest BCUT2D eigenvalue weighted by molar-refractivity contribution is 0.316. The monoisotopic (exact) mass is 171 g/mol. The van der Waals surface area contributed by atoms with Crippen LogP contribution in [0.4, 0.5) is 0 Å². The van der Waals surface area contributed by atoms with Gasteiger partial charge in [-0.2, -0.15) is 11.8 Å². The normalized spacial score (nSPS) is 34.1. The first-order chi connectivity index (χ1) is 5.37. The van der Waals surface area contributed by atoms with Gasteiger partial charge in [-0.05, 0) is 55.7 Å². The Morgan fingerprint density at radius 3 is 3.00 bits per heavy atom. The highest BCUT2D eigenvalue weighted by Gasteiger charge is 2.49. The predicted molar refractivity (Wildman–Crippen MR) is 51.0 cm³/mol. The van der Waals surface area contributed by atoms with E-state index in [1.54, 1.807) is 0 Å². The first kappa shape index (κ1) is 7.93. The second-order valence-electron chi connectivity index (χ2n) is 3.96. The summed E-state index contributed by atoms with van der Waals surface area (Å²) >= 11 is 2.17. The number of nitrogens with one attached hydrogen (secondary N) is 1. The van der Waals surface area contributed by atoms with Crippen LogP contribution in [0.5, 0.6) is 0 Å². The topological polar surface area (TPSA) is 12.0 Å². The van der Waals surface area contributed by atoms with Crippen molar-refractivity contribution in [3.63, 3.8) is 0 Å². The maximum absolute atomic E-state index is 3.32. The van der Waals surface area contributed by atoms with Gasteiger partial charge in [-0.25, -0.2) is 0 Å². The second kappa shape index (κ2) is 2.98. The maximum atomic E-state index is 3.32. The zero-order chi connectivity index (χ0) is 7.73. The van der Waals surface area contributed by atoms with Gasteiger partial charge in [0.1, 0.15) is 0 Å². The Labute approximate surface area is 73.3 Å². The Morgan fingerprint density at radius 2 is 2.36 bits per heavy atom. The van der Waals surface area contributed by atoms with Crippen LogP contribution in [0.2, 0.25) is 0 Å². The maximum Gasteiger partial charge on any atom is -0.000766 e. The average molecular weight is 171 g/mol. The zero-order valence-corrected chi connectivity index (χ0v) is 8.04. The van der Waals surface area contributed by atoms with Gasteiger partial charge in [0.2, 0.25) is 0 Å². The van der Waals surface area contributed by atoms with Gasteiger partial charge < -0.3 is 5.32 Å². The van der Waals surface area contributed by atoms with Crippen molar-refractivity contribution in [2.75, 3.05) is 25.1 Å². The third kappa shape index (κ3) is 1.43. The minimum atomic E-state index is 0.798. The van der Waals surface area contributed by atoms with Crippen molar-refractivity contribution in [2.45, 2.75) is 19.3 Å². The van der Waals surface area contributed by atoms with E-state index in [1.165, 1.54) is 37.3 Å². The first-order valence-electron chi connectivity index (χ1n) is 4.60. The van der Waals surface area contributed by atoms with E-state index in [0.717, 1.165) is 11.3 Å². The number of hydrogen-bond acceptors (Lipinski definition) is 2. The lowest BCUT2D eigenvalue weighted by Gasteiger charge is -2.31. The quantitative estimate of drug-likeness (QED) is 0.679. The van der Waals surface area contributed by atoms with Crippen LogP contribution in [0.15, 0.2) is 0 Å². The molecule has 1 spiro atoms. The third-order valence-corrected chi connectivity index (χ3v) is 4.51. The van der Waals surface area contributed by atoms with Gasteiger partial charge in [-0.15, -0.1) is 0 Å². The smallest absolute Gasteiger partial charge is 0.000766 e. The van der Waals surface area contributed by atoms with Crippen LogP contribution in [0.3, 0.4) is 0 Å². The Kier molecular flexibility index (Phi) is 2.15. The molecule has 2 heteroatoms. The molecular formula is C9H17NS. The van der Waals surface area contributed by atoms with Gasteiger partial charge in [-0.1, -0.05) is 0 Å². The molecule has 1 aliphatic heterocycles. The Morgan fingerprint density at radius 1 is 1.55 bits per heavy atom. The molecule has 0 bridgehead atoms. The molecule has 2 fully saturated rings. The van der Waals surface area contributed by atoms with E-state index in [-0.39, 0.29) is 0 Å². The molecule has 0 amide bonds. The molecule has 64 valence electrons.